The van der Waals surface area contributed by atoms with Crippen LogP contribution < -0.4 is 9.64 Å². The summed E-state index contributed by atoms with van der Waals surface area (Å²) in [6.45, 7) is 12.5. The van der Waals surface area contributed by atoms with Crippen molar-refractivity contribution in [1.29, 1.82) is 0 Å². The van der Waals surface area contributed by atoms with Gasteiger partial charge in [-0.15, -0.1) is 0 Å². The van der Waals surface area contributed by atoms with Gasteiger partial charge in [0.15, 0.2) is 10.9 Å². The predicted molar refractivity (Wildman–Crippen MR) is 131 cm³/mol. The lowest BCUT2D eigenvalue weighted by atomic mass is 10.0. The van der Waals surface area contributed by atoms with Gasteiger partial charge in [-0.3, -0.25) is 9.69 Å². The minimum Gasteiger partial charge on any atom is -0.489 e. The van der Waals surface area contributed by atoms with Crippen LogP contribution in [0.3, 0.4) is 0 Å². The van der Waals surface area contributed by atoms with Crippen LogP contribution in [0.1, 0.15) is 45.0 Å². The quantitative estimate of drug-likeness (QED) is 0.532. The first-order valence-corrected chi connectivity index (χ1v) is 12.4. The maximum absolute atomic E-state index is 13.9. The van der Waals surface area contributed by atoms with Gasteiger partial charge in [0.2, 0.25) is 0 Å². The van der Waals surface area contributed by atoms with Gasteiger partial charge in [0, 0.05) is 44.8 Å². The monoisotopic (exact) mass is 513 g/mol. The molecule has 0 radical (unpaired) electrons. The molecule has 0 spiro atoms. The molecule has 2 fully saturated rings. The van der Waals surface area contributed by atoms with Gasteiger partial charge in [-0.2, -0.15) is 0 Å². The molecule has 3 aliphatic rings. The van der Waals surface area contributed by atoms with E-state index < -0.39 is 11.7 Å². The molecule has 4 heterocycles. The fraction of sp³-hybridized carbons (Fsp3) is 0.696. The minimum atomic E-state index is -0.596. The molecule has 0 N–H and O–H groups in total. The van der Waals surface area contributed by atoms with Gasteiger partial charge in [0.25, 0.3) is 5.91 Å². The molecule has 3 aliphatic heterocycles. The molecule has 0 unspecified atom stereocenters. The number of fused-ring (bicyclic) bond motifs is 2. The largest absolute Gasteiger partial charge is 0.489 e. The van der Waals surface area contributed by atoms with Gasteiger partial charge in [-0.05, 0) is 41.7 Å². The number of carbonyl (C=O) groups is 2. The zero-order chi connectivity index (χ0) is 24.9. The summed E-state index contributed by atoms with van der Waals surface area (Å²) in [4.78, 5) is 38.8. The SMILES string of the molecule is C[C@H]1[C@H](C)N(c2nc(Cl)c(Cl)c3c2C(=O)N2CCN(C(=O)OC(C)(C)C)C[C@@H]2CO3)CCN1C. The van der Waals surface area contributed by atoms with Crippen molar-refractivity contribution >= 4 is 41.0 Å². The van der Waals surface area contributed by atoms with E-state index in [0.29, 0.717) is 37.6 Å². The zero-order valence-corrected chi connectivity index (χ0v) is 22.1. The van der Waals surface area contributed by atoms with Crippen LogP contribution in [0.5, 0.6) is 5.75 Å². The lowest BCUT2D eigenvalue weighted by molar-refractivity contribution is 0.000951. The second-order valence-corrected chi connectivity index (χ2v) is 11.0. The van der Waals surface area contributed by atoms with Gasteiger partial charge in [0.05, 0.1) is 6.04 Å². The number of amides is 2. The zero-order valence-electron chi connectivity index (χ0n) is 20.6. The summed E-state index contributed by atoms with van der Waals surface area (Å²) in [6.07, 6.45) is -0.398. The van der Waals surface area contributed by atoms with Crippen molar-refractivity contribution in [2.75, 3.05) is 51.3 Å². The number of carbonyl (C=O) groups excluding carboxylic acids is 2. The van der Waals surface area contributed by atoms with E-state index >= 15 is 0 Å². The molecule has 3 atom stereocenters. The lowest BCUT2D eigenvalue weighted by Crippen LogP contribution is -2.58. The second kappa shape index (κ2) is 9.24. The summed E-state index contributed by atoms with van der Waals surface area (Å²) in [5, 5.41) is 0.240. The Labute approximate surface area is 210 Å². The normalized spacial score (nSPS) is 25.9. The van der Waals surface area contributed by atoms with E-state index in [9.17, 15) is 9.59 Å². The average molecular weight is 514 g/mol. The molecular weight excluding hydrogens is 481 g/mol. The molecule has 9 nitrogen and oxygen atoms in total. The van der Waals surface area contributed by atoms with E-state index in [0.717, 1.165) is 6.54 Å². The standard InChI is InChI=1S/C23H33Cl2N5O4/c1-13-14(2)29(9-7-27(13)6)20-16-18(17(24)19(25)26-20)33-12-15-11-28(8-10-30(15)21(16)31)22(32)34-23(3,4)5/h13-15H,7-12H2,1-6H3/t13-,14-,15+/m0/s1. The smallest absolute Gasteiger partial charge is 0.410 e. The summed E-state index contributed by atoms with van der Waals surface area (Å²) in [5.41, 5.74) is -0.257. The topological polar surface area (TPSA) is 78.5 Å². The molecule has 1 aromatic heterocycles. The molecular formula is C23H33Cl2N5O4. The Morgan fingerprint density at radius 2 is 1.76 bits per heavy atom. The van der Waals surface area contributed by atoms with E-state index in [1.807, 2.05) is 20.8 Å². The van der Waals surface area contributed by atoms with Crippen molar-refractivity contribution in [1.82, 2.24) is 19.7 Å². The van der Waals surface area contributed by atoms with E-state index in [1.165, 1.54) is 0 Å². The van der Waals surface area contributed by atoms with E-state index in [2.05, 4.69) is 35.7 Å². The molecule has 34 heavy (non-hydrogen) atoms. The molecule has 0 bridgehead atoms. The lowest BCUT2D eigenvalue weighted by Gasteiger charge is -2.45. The number of piperazine rings is 2. The van der Waals surface area contributed by atoms with Crippen LogP contribution in [0.4, 0.5) is 10.6 Å². The summed E-state index contributed by atoms with van der Waals surface area (Å²) in [7, 11) is 2.09. The molecule has 0 saturated carbocycles. The highest BCUT2D eigenvalue weighted by Crippen LogP contribution is 2.43. The highest BCUT2D eigenvalue weighted by Gasteiger charge is 2.42. The van der Waals surface area contributed by atoms with E-state index in [-0.39, 0.29) is 46.6 Å². The summed E-state index contributed by atoms with van der Waals surface area (Å²) in [6, 6.07) is 0.0173. The van der Waals surface area contributed by atoms with Crippen LogP contribution in [0, 0.1) is 0 Å². The predicted octanol–water partition coefficient (Wildman–Crippen LogP) is 3.37. The number of nitrogens with zero attached hydrogens (tertiary/aromatic N) is 5. The Balaban J connectivity index is 1.66. The molecule has 0 aromatic carbocycles. The number of hydrogen-bond donors (Lipinski definition) is 0. The third kappa shape index (κ3) is 4.62. The number of anilines is 1. The van der Waals surface area contributed by atoms with Crippen molar-refractivity contribution in [3.8, 4) is 5.75 Å². The van der Waals surface area contributed by atoms with Crippen molar-refractivity contribution in [2.45, 2.75) is 58.3 Å². The van der Waals surface area contributed by atoms with Crippen molar-refractivity contribution in [3.63, 3.8) is 0 Å². The third-order valence-corrected chi connectivity index (χ3v) is 7.64. The van der Waals surface area contributed by atoms with Crippen LogP contribution >= 0.6 is 23.2 Å². The molecule has 4 rings (SSSR count). The van der Waals surface area contributed by atoms with Crippen LogP contribution in [0.15, 0.2) is 0 Å². The first kappa shape index (κ1) is 25.1. The van der Waals surface area contributed by atoms with E-state index in [1.54, 1.807) is 9.80 Å². The van der Waals surface area contributed by atoms with Gasteiger partial charge in [-0.25, -0.2) is 9.78 Å². The summed E-state index contributed by atoms with van der Waals surface area (Å²) >= 11 is 12.9. The maximum atomic E-state index is 13.9. The van der Waals surface area contributed by atoms with Gasteiger partial charge in [0.1, 0.15) is 28.6 Å². The van der Waals surface area contributed by atoms with Gasteiger partial charge in [-0.1, -0.05) is 23.2 Å². The third-order valence-electron chi connectivity index (χ3n) is 6.92. The number of likely N-dealkylation sites (N-methyl/N-ethyl adjacent to an activating group) is 1. The molecule has 2 saturated heterocycles. The molecule has 188 valence electrons. The van der Waals surface area contributed by atoms with Crippen LogP contribution in [-0.4, -0.2) is 102 Å². The highest BCUT2D eigenvalue weighted by atomic mass is 35.5. The van der Waals surface area contributed by atoms with Crippen molar-refractivity contribution in [3.05, 3.63) is 15.7 Å². The van der Waals surface area contributed by atoms with Crippen molar-refractivity contribution in [2.24, 2.45) is 0 Å². The Morgan fingerprint density at radius 3 is 2.44 bits per heavy atom. The number of rotatable bonds is 1. The molecule has 1 aromatic rings. The average Bonchev–Trinajstić information content (AvgIpc) is 2.90. The fourth-order valence-electron chi connectivity index (χ4n) is 4.72. The number of halogens is 2. The van der Waals surface area contributed by atoms with Gasteiger partial charge >= 0.3 is 6.09 Å². The fourth-order valence-corrected chi connectivity index (χ4v) is 5.08. The Bertz CT molecular complexity index is 985. The summed E-state index contributed by atoms with van der Waals surface area (Å²) < 4.78 is 11.6. The second-order valence-electron chi connectivity index (χ2n) is 10.3. The summed E-state index contributed by atoms with van der Waals surface area (Å²) in [5.74, 6) is 0.553. The van der Waals surface area contributed by atoms with Crippen LogP contribution in [0.2, 0.25) is 10.2 Å². The molecule has 2 amide bonds. The first-order chi connectivity index (χ1) is 15.9. The van der Waals surface area contributed by atoms with Crippen molar-refractivity contribution < 1.29 is 19.1 Å². The Hall–Kier alpha value is -1.97. The minimum absolute atomic E-state index is 0.100. The number of hydrogen-bond acceptors (Lipinski definition) is 7. The number of ether oxygens (including phenoxy) is 2. The number of aromatic nitrogens is 1. The first-order valence-electron chi connectivity index (χ1n) is 11.7. The molecule has 0 aliphatic carbocycles. The maximum Gasteiger partial charge on any atom is 0.410 e. The van der Waals surface area contributed by atoms with Gasteiger partial charge < -0.3 is 24.2 Å². The highest BCUT2D eigenvalue weighted by molar-refractivity contribution is 6.42. The molecule has 11 heteroatoms. The number of pyridine rings is 1. The Morgan fingerprint density at radius 1 is 1.09 bits per heavy atom. The van der Waals surface area contributed by atoms with Crippen LogP contribution in [0.25, 0.3) is 0 Å². The van der Waals surface area contributed by atoms with E-state index in [4.69, 9.17) is 32.7 Å². The van der Waals surface area contributed by atoms with Crippen LogP contribution in [-0.2, 0) is 4.74 Å². The Kier molecular flexibility index (Phi) is 6.83.